The molecule has 4 nitrogen and oxygen atoms in total. The number of fused-ring (bicyclic) bond motifs is 3. The number of aromatic nitrogens is 3. The average Bonchev–Trinajstić information content (AvgIpc) is 3.48. The van der Waals surface area contributed by atoms with Crippen molar-refractivity contribution in [1.29, 1.82) is 0 Å². The first-order chi connectivity index (χ1) is 21.8. The number of hydrogen-bond donors (Lipinski definition) is 0. The predicted molar refractivity (Wildman–Crippen MR) is 178 cm³/mol. The molecule has 0 unspecified atom stereocenters. The lowest BCUT2D eigenvalue weighted by Gasteiger charge is -2.10. The molecule has 8 rings (SSSR count). The van der Waals surface area contributed by atoms with Crippen molar-refractivity contribution in [2.24, 2.45) is 0 Å². The maximum atomic E-state index is 6.34. The summed E-state index contributed by atoms with van der Waals surface area (Å²) in [5, 5.41) is 2.04. The van der Waals surface area contributed by atoms with Crippen LogP contribution in [0.1, 0.15) is 11.4 Å². The molecule has 0 spiro atoms. The van der Waals surface area contributed by atoms with Gasteiger partial charge in [0, 0.05) is 28.3 Å². The number of hydrogen-bond acceptors (Lipinski definition) is 4. The summed E-state index contributed by atoms with van der Waals surface area (Å²) < 4.78 is 6.34. The van der Waals surface area contributed by atoms with Gasteiger partial charge in [-0.1, -0.05) is 127 Å². The Balaban J connectivity index is 1.32. The number of rotatable bonds is 6. The normalized spacial score (nSPS) is 11.3. The van der Waals surface area contributed by atoms with Gasteiger partial charge in [0.1, 0.15) is 17.0 Å². The van der Waals surface area contributed by atoms with Crippen LogP contribution in [0.3, 0.4) is 0 Å². The van der Waals surface area contributed by atoms with Crippen LogP contribution in [0.2, 0.25) is 0 Å². The predicted octanol–water partition coefficient (Wildman–Crippen LogP) is 10.0. The van der Waals surface area contributed by atoms with Crippen LogP contribution in [0.25, 0.3) is 67.0 Å². The maximum absolute atomic E-state index is 6.34. The van der Waals surface area contributed by atoms with E-state index >= 15 is 0 Å². The highest BCUT2D eigenvalue weighted by Gasteiger charge is 2.18. The van der Waals surface area contributed by atoms with Gasteiger partial charge in [-0.2, -0.15) is 0 Å². The monoisotopic (exact) mass is 565 g/mol. The minimum Gasteiger partial charge on any atom is -0.456 e. The fourth-order valence-electron chi connectivity index (χ4n) is 5.82. The molecule has 0 amide bonds. The Hall–Kier alpha value is -5.87. The van der Waals surface area contributed by atoms with Gasteiger partial charge >= 0.3 is 0 Å². The zero-order chi connectivity index (χ0) is 29.3. The maximum Gasteiger partial charge on any atom is 0.164 e. The highest BCUT2D eigenvalue weighted by molar-refractivity contribution is 6.12. The molecular weight excluding hydrogens is 538 g/mol. The molecule has 208 valence electrons. The van der Waals surface area contributed by atoms with Crippen molar-refractivity contribution in [3.05, 3.63) is 163 Å². The molecule has 0 saturated carbocycles. The van der Waals surface area contributed by atoms with Crippen molar-refractivity contribution in [1.82, 2.24) is 15.0 Å². The summed E-state index contributed by atoms with van der Waals surface area (Å²) in [6.07, 6.45) is 0.599. The lowest BCUT2D eigenvalue weighted by atomic mass is 10.0. The molecular formula is C40H27N3O. The molecule has 2 heterocycles. The van der Waals surface area contributed by atoms with Crippen LogP contribution < -0.4 is 0 Å². The Morgan fingerprint density at radius 1 is 0.432 bits per heavy atom. The Morgan fingerprint density at radius 3 is 1.80 bits per heavy atom. The molecule has 0 aliphatic rings. The molecule has 0 bridgehead atoms. The summed E-state index contributed by atoms with van der Waals surface area (Å²) in [5.74, 6) is 1.99. The Morgan fingerprint density at radius 2 is 1.05 bits per heavy atom. The fourth-order valence-corrected chi connectivity index (χ4v) is 5.82. The summed E-state index contributed by atoms with van der Waals surface area (Å²) in [6, 6.07) is 52.0. The van der Waals surface area contributed by atoms with E-state index in [-0.39, 0.29) is 0 Å². The van der Waals surface area contributed by atoms with Crippen molar-refractivity contribution in [3.63, 3.8) is 0 Å². The van der Waals surface area contributed by atoms with Crippen molar-refractivity contribution < 1.29 is 4.42 Å². The summed E-state index contributed by atoms with van der Waals surface area (Å²) in [5.41, 5.74) is 9.21. The third-order valence-corrected chi connectivity index (χ3v) is 7.96. The van der Waals surface area contributed by atoms with Gasteiger partial charge in [-0.3, -0.25) is 0 Å². The van der Waals surface area contributed by atoms with Gasteiger partial charge in [0.15, 0.2) is 11.6 Å². The molecule has 6 aromatic carbocycles. The van der Waals surface area contributed by atoms with E-state index in [2.05, 4.69) is 109 Å². The molecule has 0 N–H and O–H groups in total. The van der Waals surface area contributed by atoms with Crippen molar-refractivity contribution in [2.45, 2.75) is 6.42 Å². The summed E-state index contributed by atoms with van der Waals surface area (Å²) in [7, 11) is 0. The first kappa shape index (κ1) is 25.8. The summed E-state index contributed by atoms with van der Waals surface area (Å²) in [6.45, 7) is 0. The molecule has 0 saturated heterocycles. The fraction of sp³-hybridized carbons (Fsp3) is 0.0250. The zero-order valence-electron chi connectivity index (χ0n) is 23.9. The van der Waals surface area contributed by atoms with Gasteiger partial charge in [-0.15, -0.1) is 0 Å². The lowest BCUT2D eigenvalue weighted by molar-refractivity contribution is 0.669. The second-order valence-electron chi connectivity index (χ2n) is 10.9. The van der Waals surface area contributed by atoms with Crippen LogP contribution in [-0.4, -0.2) is 15.0 Å². The highest BCUT2D eigenvalue weighted by atomic mass is 16.3. The van der Waals surface area contributed by atoms with Crippen molar-refractivity contribution in [2.75, 3.05) is 0 Å². The van der Waals surface area contributed by atoms with Crippen molar-refractivity contribution >= 4 is 21.9 Å². The van der Waals surface area contributed by atoms with E-state index in [4.69, 9.17) is 19.4 Å². The third kappa shape index (κ3) is 4.93. The van der Waals surface area contributed by atoms with E-state index in [0.717, 1.165) is 66.7 Å². The number of nitrogens with zero attached hydrogens (tertiary/aromatic N) is 3. The van der Waals surface area contributed by atoms with Crippen LogP contribution in [0.4, 0.5) is 0 Å². The van der Waals surface area contributed by atoms with E-state index in [0.29, 0.717) is 18.1 Å². The Labute approximate surface area is 255 Å². The van der Waals surface area contributed by atoms with Crippen LogP contribution in [0, 0.1) is 0 Å². The molecule has 0 fully saturated rings. The van der Waals surface area contributed by atoms with Gasteiger partial charge in [-0.25, -0.2) is 15.0 Å². The second kappa shape index (κ2) is 11.1. The quantitative estimate of drug-likeness (QED) is 0.201. The third-order valence-electron chi connectivity index (χ3n) is 7.96. The van der Waals surface area contributed by atoms with E-state index in [1.54, 1.807) is 0 Å². The second-order valence-corrected chi connectivity index (χ2v) is 10.9. The highest BCUT2D eigenvalue weighted by Crippen LogP contribution is 2.38. The van der Waals surface area contributed by atoms with Gasteiger partial charge in [0.05, 0.1) is 0 Å². The van der Waals surface area contributed by atoms with Gasteiger partial charge in [-0.05, 0) is 52.1 Å². The first-order valence-electron chi connectivity index (χ1n) is 14.7. The zero-order valence-corrected chi connectivity index (χ0v) is 23.9. The van der Waals surface area contributed by atoms with E-state index < -0.39 is 0 Å². The van der Waals surface area contributed by atoms with Gasteiger partial charge in [0.25, 0.3) is 0 Å². The summed E-state index contributed by atoms with van der Waals surface area (Å²) >= 11 is 0. The van der Waals surface area contributed by atoms with Crippen LogP contribution in [0.15, 0.2) is 156 Å². The smallest absolute Gasteiger partial charge is 0.164 e. The number of furan rings is 1. The first-order valence-corrected chi connectivity index (χ1v) is 14.7. The van der Waals surface area contributed by atoms with Crippen LogP contribution >= 0.6 is 0 Å². The molecule has 44 heavy (non-hydrogen) atoms. The molecule has 0 radical (unpaired) electrons. The van der Waals surface area contributed by atoms with E-state index in [9.17, 15) is 0 Å². The summed E-state index contributed by atoms with van der Waals surface area (Å²) in [4.78, 5) is 15.2. The largest absolute Gasteiger partial charge is 0.456 e. The minimum absolute atomic E-state index is 0.599. The average molecular weight is 566 g/mol. The van der Waals surface area contributed by atoms with E-state index in [1.807, 2.05) is 42.5 Å². The Bertz CT molecular complexity index is 2240. The van der Waals surface area contributed by atoms with Gasteiger partial charge < -0.3 is 4.42 Å². The van der Waals surface area contributed by atoms with Gasteiger partial charge in [0.2, 0.25) is 0 Å². The molecule has 0 aliphatic heterocycles. The standard InChI is InChI=1S/C40H27N3O/c1-4-12-27(13-5-1)24-37-41-39(32-19-10-18-30(25-32)28-14-6-2-7-15-28)43-40(42-37)33-20-11-21-36-38(33)34-26-31(22-23-35(34)44-36)29-16-8-3-9-17-29/h1-23,25-26H,24H2. The molecule has 0 aliphatic carbocycles. The Kier molecular flexibility index (Phi) is 6.50. The SMILES string of the molecule is c1ccc(Cc2nc(-c3cccc(-c4ccccc4)c3)nc(-c3cccc4oc5ccc(-c6ccccc6)cc5c34)n2)cc1. The van der Waals surface area contributed by atoms with Crippen LogP contribution in [0.5, 0.6) is 0 Å². The van der Waals surface area contributed by atoms with Crippen molar-refractivity contribution in [3.8, 4) is 45.0 Å². The molecule has 0 atom stereocenters. The minimum atomic E-state index is 0.599. The molecule has 8 aromatic rings. The number of benzene rings is 6. The molecule has 4 heteroatoms. The van der Waals surface area contributed by atoms with E-state index in [1.165, 1.54) is 0 Å². The lowest BCUT2D eigenvalue weighted by Crippen LogP contribution is -2.04. The van der Waals surface area contributed by atoms with Crippen LogP contribution in [-0.2, 0) is 6.42 Å². The molecule has 2 aromatic heterocycles. The topological polar surface area (TPSA) is 51.8 Å².